The number of esters is 1. The second-order valence-corrected chi connectivity index (χ2v) is 9.89. The van der Waals surface area contributed by atoms with E-state index in [1.165, 1.54) is 36.4 Å². The molecule has 244 valence electrons. The molecule has 0 aliphatic heterocycles. The van der Waals surface area contributed by atoms with E-state index in [9.17, 15) is 44.3 Å². The Balaban J connectivity index is 0.000000601. The summed E-state index contributed by atoms with van der Waals surface area (Å²) in [6.07, 6.45) is -10.2. The molecule has 0 saturated carbocycles. The van der Waals surface area contributed by atoms with E-state index in [1.54, 1.807) is 36.4 Å². The van der Waals surface area contributed by atoms with E-state index in [2.05, 4.69) is 0 Å². The summed E-state index contributed by atoms with van der Waals surface area (Å²) in [5.74, 6) is -6.70. The highest BCUT2D eigenvalue weighted by Crippen LogP contribution is 2.18. The summed E-state index contributed by atoms with van der Waals surface area (Å²) in [5, 5.41) is 14.2. The summed E-state index contributed by atoms with van der Waals surface area (Å²) < 4.78 is 95.7. The Morgan fingerprint density at radius 2 is 1.02 bits per heavy atom. The van der Waals surface area contributed by atoms with E-state index in [1.807, 2.05) is 4.72 Å². The van der Waals surface area contributed by atoms with E-state index < -0.39 is 46.2 Å². The Bertz CT molecular complexity index is 1550. The van der Waals surface area contributed by atoms with Gasteiger partial charge >= 0.3 is 30.3 Å². The first-order chi connectivity index (χ1) is 20.7. The highest BCUT2D eigenvalue weighted by molar-refractivity contribution is 7.90. The highest BCUT2D eigenvalue weighted by Gasteiger charge is 2.38. The van der Waals surface area contributed by atoms with E-state index in [4.69, 9.17) is 36.0 Å². The molecule has 0 heterocycles. The Morgan fingerprint density at radius 1 is 0.667 bits per heavy atom. The summed E-state index contributed by atoms with van der Waals surface area (Å²) in [7, 11) is -4.10. The molecule has 0 radical (unpaired) electrons. The largest absolute Gasteiger partial charge is 0.490 e. The van der Waals surface area contributed by atoms with Crippen molar-refractivity contribution in [2.24, 2.45) is 11.5 Å². The van der Waals surface area contributed by atoms with Crippen LogP contribution in [0.2, 0.25) is 0 Å². The van der Waals surface area contributed by atoms with Crippen molar-refractivity contribution in [1.29, 1.82) is 0 Å². The molecule has 45 heavy (non-hydrogen) atoms. The molecule has 3 aromatic carbocycles. The fraction of sp³-hybridized carbons (Fsp3) is 0.154. The molecule has 0 spiro atoms. The van der Waals surface area contributed by atoms with Crippen LogP contribution in [0.25, 0.3) is 0 Å². The molecule has 7 N–H and O–H groups in total. The number of amides is 1. The normalized spacial score (nSPS) is 11.1. The first-order valence-corrected chi connectivity index (χ1v) is 13.3. The third kappa shape index (κ3) is 13.0. The Labute approximate surface area is 250 Å². The lowest BCUT2D eigenvalue weighted by Gasteiger charge is -2.09. The van der Waals surface area contributed by atoms with Gasteiger partial charge in [0.1, 0.15) is 5.75 Å². The van der Waals surface area contributed by atoms with E-state index >= 15 is 0 Å². The second-order valence-electron chi connectivity index (χ2n) is 8.20. The number of ether oxygens (including phenoxy) is 1. The predicted octanol–water partition coefficient (Wildman–Crippen LogP) is 3.21. The molecule has 0 unspecified atom stereocenters. The van der Waals surface area contributed by atoms with Gasteiger partial charge in [-0.3, -0.25) is 4.79 Å². The lowest BCUT2D eigenvalue weighted by molar-refractivity contribution is -0.193. The van der Waals surface area contributed by atoms with Gasteiger partial charge in [0, 0.05) is 18.7 Å². The molecular formula is C26H23F6N3O9S. The summed E-state index contributed by atoms with van der Waals surface area (Å²) in [6.45, 7) is 0.678. The van der Waals surface area contributed by atoms with Crippen LogP contribution in [-0.4, -0.2) is 54.8 Å². The minimum absolute atomic E-state index is 0.147. The number of aliphatic carboxylic acids is 2. The predicted molar refractivity (Wildman–Crippen MR) is 142 cm³/mol. The van der Waals surface area contributed by atoms with Gasteiger partial charge in [-0.2, -0.15) is 26.3 Å². The van der Waals surface area contributed by atoms with Crippen molar-refractivity contribution in [3.05, 3.63) is 95.1 Å². The van der Waals surface area contributed by atoms with E-state index in [0.717, 1.165) is 11.1 Å². The maximum Gasteiger partial charge on any atom is 0.490 e. The van der Waals surface area contributed by atoms with Crippen molar-refractivity contribution < 1.29 is 68.9 Å². The number of rotatable bonds is 7. The summed E-state index contributed by atoms with van der Waals surface area (Å²) in [4.78, 5) is 42.1. The topological polar surface area (TPSA) is 216 Å². The van der Waals surface area contributed by atoms with Crippen LogP contribution in [0.1, 0.15) is 31.8 Å². The zero-order valence-electron chi connectivity index (χ0n) is 22.4. The first-order valence-electron chi connectivity index (χ1n) is 11.8. The molecule has 0 aliphatic carbocycles. The summed E-state index contributed by atoms with van der Waals surface area (Å²) in [6, 6.07) is 18.1. The van der Waals surface area contributed by atoms with Crippen LogP contribution >= 0.6 is 0 Å². The average Bonchev–Trinajstić information content (AvgIpc) is 2.97. The van der Waals surface area contributed by atoms with Crippen molar-refractivity contribution in [1.82, 2.24) is 4.72 Å². The van der Waals surface area contributed by atoms with Gasteiger partial charge in [0.25, 0.3) is 15.9 Å². The molecule has 0 fully saturated rings. The second kappa shape index (κ2) is 16.2. The van der Waals surface area contributed by atoms with Gasteiger partial charge in [-0.05, 0) is 59.7 Å². The zero-order valence-corrected chi connectivity index (χ0v) is 23.2. The van der Waals surface area contributed by atoms with Gasteiger partial charge in [0.2, 0.25) is 0 Å². The van der Waals surface area contributed by atoms with Gasteiger partial charge in [-0.1, -0.05) is 24.3 Å². The minimum Gasteiger partial charge on any atom is -0.475 e. The van der Waals surface area contributed by atoms with E-state index in [0.29, 0.717) is 18.7 Å². The number of hydrogen-bond acceptors (Lipinski definition) is 9. The van der Waals surface area contributed by atoms with Crippen molar-refractivity contribution in [3.63, 3.8) is 0 Å². The van der Waals surface area contributed by atoms with Crippen molar-refractivity contribution in [2.45, 2.75) is 30.3 Å². The maximum absolute atomic E-state index is 12.5. The van der Waals surface area contributed by atoms with Crippen LogP contribution in [0.15, 0.2) is 77.7 Å². The summed E-state index contributed by atoms with van der Waals surface area (Å²) in [5.41, 5.74) is 13.3. The molecule has 0 bridgehead atoms. The average molecular weight is 668 g/mol. The Kier molecular flexibility index (Phi) is 13.7. The fourth-order valence-electron chi connectivity index (χ4n) is 2.66. The van der Waals surface area contributed by atoms with Crippen LogP contribution in [0.5, 0.6) is 5.75 Å². The quantitative estimate of drug-likeness (QED) is 0.140. The van der Waals surface area contributed by atoms with Crippen LogP contribution in [-0.2, 0) is 32.7 Å². The van der Waals surface area contributed by atoms with Gasteiger partial charge in [0.05, 0.1) is 10.5 Å². The molecule has 19 heteroatoms. The van der Waals surface area contributed by atoms with Gasteiger partial charge < -0.3 is 26.4 Å². The SMILES string of the molecule is NCc1ccc(C(=O)NS(=O)(=O)c2ccc(OC(=O)c3ccc(CN)cc3)cc2)cc1.O=C(O)C(F)(F)F.O=C(O)C(F)(F)F. The minimum atomic E-state index is -5.08. The molecule has 0 saturated heterocycles. The number of nitrogens with two attached hydrogens (primary N) is 2. The number of hydrogen-bond donors (Lipinski definition) is 5. The number of carbonyl (C=O) groups is 4. The molecule has 3 rings (SSSR count). The Hall–Kier alpha value is -5.01. The number of nitrogens with one attached hydrogen (secondary N) is 1. The lowest BCUT2D eigenvalue weighted by atomic mass is 10.1. The molecule has 1 amide bonds. The number of carbonyl (C=O) groups excluding carboxylic acids is 2. The zero-order chi connectivity index (χ0) is 34.6. The van der Waals surface area contributed by atoms with Gasteiger partial charge in [-0.25, -0.2) is 27.5 Å². The number of alkyl halides is 6. The van der Waals surface area contributed by atoms with Crippen LogP contribution in [0.3, 0.4) is 0 Å². The molecule has 0 atom stereocenters. The first kappa shape index (κ1) is 38.0. The van der Waals surface area contributed by atoms with Gasteiger partial charge in [-0.15, -0.1) is 0 Å². The number of sulfonamides is 1. The fourth-order valence-corrected chi connectivity index (χ4v) is 3.64. The number of carboxylic acid groups (broad SMARTS) is 2. The number of halogens is 6. The van der Waals surface area contributed by atoms with Gasteiger partial charge in [0.15, 0.2) is 0 Å². The van der Waals surface area contributed by atoms with Crippen LogP contribution in [0, 0.1) is 0 Å². The standard InChI is InChI=1S/C22H21N3O5S.2C2HF3O2/c23-13-15-1-5-17(6-2-15)21(26)25-31(28,29)20-11-9-19(10-12-20)30-22(27)18-7-3-16(14-24)4-8-18;2*3-2(4,5)1(6)7/h1-12H,13-14,23-24H2,(H,25,26);2*(H,6,7). The third-order valence-electron chi connectivity index (χ3n) is 4.93. The monoisotopic (exact) mass is 667 g/mol. The smallest absolute Gasteiger partial charge is 0.475 e. The Morgan fingerprint density at radius 3 is 1.36 bits per heavy atom. The van der Waals surface area contributed by atoms with E-state index in [-0.39, 0.29) is 16.2 Å². The molecule has 0 aromatic heterocycles. The summed E-state index contributed by atoms with van der Waals surface area (Å²) >= 11 is 0. The lowest BCUT2D eigenvalue weighted by Crippen LogP contribution is -2.30. The van der Waals surface area contributed by atoms with Crippen molar-refractivity contribution in [2.75, 3.05) is 0 Å². The number of carboxylic acids is 2. The molecule has 0 aliphatic rings. The molecule has 12 nitrogen and oxygen atoms in total. The van der Waals surface area contributed by atoms with Crippen molar-refractivity contribution in [3.8, 4) is 5.75 Å². The molecule has 3 aromatic rings. The van der Waals surface area contributed by atoms with Crippen LogP contribution < -0.4 is 20.9 Å². The van der Waals surface area contributed by atoms with Crippen molar-refractivity contribution >= 4 is 33.8 Å². The maximum atomic E-state index is 12.5. The van der Waals surface area contributed by atoms with Crippen LogP contribution in [0.4, 0.5) is 26.3 Å². The highest BCUT2D eigenvalue weighted by atomic mass is 32.2. The third-order valence-corrected chi connectivity index (χ3v) is 6.28. The molecular weight excluding hydrogens is 644 g/mol. The number of benzene rings is 3.